The molecule has 0 aliphatic rings. The van der Waals surface area contributed by atoms with Crippen LogP contribution in [0.2, 0.25) is 0 Å². The van der Waals surface area contributed by atoms with Crippen molar-refractivity contribution in [1.29, 1.82) is 0 Å². The number of rotatable bonds is 5. The van der Waals surface area contributed by atoms with Gasteiger partial charge in [0.15, 0.2) is 0 Å². The van der Waals surface area contributed by atoms with Gasteiger partial charge in [0.05, 0.1) is 4.83 Å². The third-order valence-electron chi connectivity index (χ3n) is 2.54. The lowest BCUT2D eigenvalue weighted by molar-refractivity contribution is -0.130. The summed E-state index contributed by atoms with van der Waals surface area (Å²) < 4.78 is 0. The van der Waals surface area contributed by atoms with Crippen LogP contribution in [0.4, 0.5) is 0 Å². The number of carbonyl (C=O) groups excluding carboxylic acids is 1. The molecule has 0 spiro atoms. The second kappa shape index (κ2) is 6.69. The molecule has 1 atom stereocenters. The van der Waals surface area contributed by atoms with Gasteiger partial charge in [0.1, 0.15) is 0 Å². The van der Waals surface area contributed by atoms with E-state index in [9.17, 15) is 4.79 Å². The normalized spacial score (nSPS) is 12.2. The second-order valence-corrected chi connectivity index (χ2v) is 4.82. The fraction of sp³-hybridized carbons (Fsp3) is 0.462. The largest absolute Gasteiger partial charge is 0.338 e. The van der Waals surface area contributed by atoms with Gasteiger partial charge in [-0.05, 0) is 18.9 Å². The molecule has 0 aliphatic carbocycles. The molecule has 0 saturated heterocycles. The molecule has 1 amide bonds. The van der Waals surface area contributed by atoms with E-state index in [0.29, 0.717) is 6.54 Å². The van der Waals surface area contributed by atoms with Crippen LogP contribution < -0.4 is 0 Å². The van der Waals surface area contributed by atoms with Crippen LogP contribution in [0.25, 0.3) is 0 Å². The van der Waals surface area contributed by atoms with Crippen LogP contribution in [0.15, 0.2) is 30.3 Å². The third-order valence-corrected chi connectivity index (χ3v) is 3.58. The first-order chi connectivity index (χ1) is 7.69. The van der Waals surface area contributed by atoms with Crippen molar-refractivity contribution in [2.45, 2.75) is 31.6 Å². The fourth-order valence-corrected chi connectivity index (χ4v) is 1.81. The predicted octanol–water partition coefficient (Wildman–Crippen LogP) is 3.21. The zero-order valence-corrected chi connectivity index (χ0v) is 11.4. The van der Waals surface area contributed by atoms with E-state index in [2.05, 4.69) is 15.9 Å². The molecular formula is C13H18BrNO. The number of nitrogens with zero attached hydrogens (tertiary/aromatic N) is 1. The number of benzene rings is 1. The van der Waals surface area contributed by atoms with Gasteiger partial charge in [-0.2, -0.15) is 0 Å². The van der Waals surface area contributed by atoms with Crippen LogP contribution in [0, 0.1) is 0 Å². The van der Waals surface area contributed by atoms with Crippen LogP contribution in [0.1, 0.15) is 25.8 Å². The van der Waals surface area contributed by atoms with Crippen molar-refractivity contribution in [2.75, 3.05) is 6.54 Å². The standard InChI is InChI=1S/C13H18BrNO/c1-3-12(14)13(16)15(4-2)10-11-8-6-5-7-9-11/h5-9,12H,3-4,10H2,1-2H3. The van der Waals surface area contributed by atoms with Gasteiger partial charge in [0.25, 0.3) is 0 Å². The van der Waals surface area contributed by atoms with Crippen molar-refractivity contribution in [3.8, 4) is 0 Å². The Kier molecular flexibility index (Phi) is 5.53. The smallest absolute Gasteiger partial charge is 0.236 e. The number of amides is 1. The summed E-state index contributed by atoms with van der Waals surface area (Å²) in [6, 6.07) is 10.1. The van der Waals surface area contributed by atoms with Gasteiger partial charge < -0.3 is 4.90 Å². The molecule has 16 heavy (non-hydrogen) atoms. The molecule has 88 valence electrons. The molecule has 0 fully saturated rings. The molecule has 0 aromatic heterocycles. The summed E-state index contributed by atoms with van der Waals surface area (Å²) in [7, 11) is 0. The number of carbonyl (C=O) groups is 1. The number of halogens is 1. The Morgan fingerprint density at radius 3 is 2.44 bits per heavy atom. The van der Waals surface area contributed by atoms with E-state index in [-0.39, 0.29) is 10.7 Å². The van der Waals surface area contributed by atoms with Gasteiger partial charge >= 0.3 is 0 Å². The fourth-order valence-electron chi connectivity index (χ4n) is 1.52. The van der Waals surface area contributed by atoms with Gasteiger partial charge in [-0.15, -0.1) is 0 Å². The Morgan fingerprint density at radius 2 is 1.94 bits per heavy atom. The van der Waals surface area contributed by atoms with Crippen LogP contribution in [-0.2, 0) is 11.3 Å². The lowest BCUT2D eigenvalue weighted by atomic mass is 10.2. The maximum atomic E-state index is 12.0. The van der Waals surface area contributed by atoms with E-state index in [1.807, 2.05) is 49.1 Å². The lowest BCUT2D eigenvalue weighted by Gasteiger charge is -2.23. The van der Waals surface area contributed by atoms with Gasteiger partial charge in [-0.1, -0.05) is 53.2 Å². The first-order valence-electron chi connectivity index (χ1n) is 5.65. The minimum Gasteiger partial charge on any atom is -0.338 e. The maximum Gasteiger partial charge on any atom is 0.236 e. The van der Waals surface area contributed by atoms with Crippen molar-refractivity contribution in [2.24, 2.45) is 0 Å². The average Bonchev–Trinajstić information content (AvgIpc) is 2.35. The van der Waals surface area contributed by atoms with Crippen LogP contribution >= 0.6 is 15.9 Å². The highest BCUT2D eigenvalue weighted by Gasteiger charge is 2.18. The SMILES string of the molecule is CCC(Br)C(=O)N(CC)Cc1ccccc1. The van der Waals surface area contributed by atoms with Crippen molar-refractivity contribution < 1.29 is 4.79 Å². The van der Waals surface area contributed by atoms with Gasteiger partial charge in [-0.3, -0.25) is 4.79 Å². The molecule has 3 heteroatoms. The number of alkyl halides is 1. The summed E-state index contributed by atoms with van der Waals surface area (Å²) in [5.41, 5.74) is 1.17. The Balaban J connectivity index is 2.66. The first kappa shape index (κ1) is 13.2. The van der Waals surface area contributed by atoms with E-state index in [0.717, 1.165) is 13.0 Å². The Morgan fingerprint density at radius 1 is 1.31 bits per heavy atom. The zero-order valence-electron chi connectivity index (χ0n) is 9.82. The highest BCUT2D eigenvalue weighted by molar-refractivity contribution is 9.10. The van der Waals surface area contributed by atoms with Crippen LogP contribution in [-0.4, -0.2) is 22.2 Å². The highest BCUT2D eigenvalue weighted by atomic mass is 79.9. The zero-order chi connectivity index (χ0) is 12.0. The summed E-state index contributed by atoms with van der Waals surface area (Å²) in [6.07, 6.45) is 0.824. The number of hydrogen-bond acceptors (Lipinski definition) is 1. The summed E-state index contributed by atoms with van der Waals surface area (Å²) in [4.78, 5) is 13.8. The average molecular weight is 284 g/mol. The van der Waals surface area contributed by atoms with Crippen molar-refractivity contribution >= 4 is 21.8 Å². The van der Waals surface area contributed by atoms with Gasteiger partial charge in [0.2, 0.25) is 5.91 Å². The summed E-state index contributed by atoms with van der Waals surface area (Å²) >= 11 is 3.41. The molecule has 0 bridgehead atoms. The molecular weight excluding hydrogens is 266 g/mol. The predicted molar refractivity (Wildman–Crippen MR) is 70.5 cm³/mol. The Labute approximate surface area is 106 Å². The van der Waals surface area contributed by atoms with Crippen molar-refractivity contribution in [1.82, 2.24) is 4.90 Å². The van der Waals surface area contributed by atoms with Crippen LogP contribution in [0.3, 0.4) is 0 Å². The minimum atomic E-state index is -0.0591. The molecule has 0 radical (unpaired) electrons. The highest BCUT2D eigenvalue weighted by Crippen LogP contribution is 2.12. The first-order valence-corrected chi connectivity index (χ1v) is 6.57. The third kappa shape index (κ3) is 3.63. The molecule has 0 N–H and O–H groups in total. The summed E-state index contributed by atoms with van der Waals surface area (Å²) in [5, 5.41) is 0. The summed E-state index contributed by atoms with van der Waals surface area (Å²) in [6.45, 7) is 5.46. The molecule has 0 aliphatic heterocycles. The molecule has 1 aromatic carbocycles. The Hall–Kier alpha value is -0.830. The molecule has 1 unspecified atom stereocenters. The van der Waals surface area contributed by atoms with Gasteiger partial charge in [-0.25, -0.2) is 0 Å². The second-order valence-electron chi connectivity index (χ2n) is 3.71. The van der Waals surface area contributed by atoms with E-state index < -0.39 is 0 Å². The van der Waals surface area contributed by atoms with Crippen molar-refractivity contribution in [3.05, 3.63) is 35.9 Å². The molecule has 1 rings (SSSR count). The molecule has 1 aromatic rings. The van der Waals surface area contributed by atoms with Crippen LogP contribution in [0.5, 0.6) is 0 Å². The lowest BCUT2D eigenvalue weighted by Crippen LogP contribution is -2.35. The van der Waals surface area contributed by atoms with E-state index in [1.165, 1.54) is 5.56 Å². The topological polar surface area (TPSA) is 20.3 Å². The molecule has 2 nitrogen and oxygen atoms in total. The maximum absolute atomic E-state index is 12.0. The Bertz CT molecular complexity index is 326. The number of hydrogen-bond donors (Lipinski definition) is 0. The van der Waals surface area contributed by atoms with E-state index in [4.69, 9.17) is 0 Å². The monoisotopic (exact) mass is 283 g/mol. The van der Waals surface area contributed by atoms with Crippen molar-refractivity contribution in [3.63, 3.8) is 0 Å². The summed E-state index contributed by atoms with van der Waals surface area (Å²) in [5.74, 6) is 0.175. The molecule has 0 heterocycles. The van der Waals surface area contributed by atoms with Gasteiger partial charge in [0, 0.05) is 13.1 Å². The van der Waals surface area contributed by atoms with E-state index >= 15 is 0 Å². The minimum absolute atomic E-state index is 0.0591. The quantitative estimate of drug-likeness (QED) is 0.760. The van der Waals surface area contributed by atoms with E-state index in [1.54, 1.807) is 0 Å². The molecule has 0 saturated carbocycles.